The molecule has 140 valence electrons. The summed E-state index contributed by atoms with van der Waals surface area (Å²) >= 11 is 0. The van der Waals surface area contributed by atoms with Gasteiger partial charge in [-0.25, -0.2) is 8.42 Å². The molecule has 3 nitrogen and oxygen atoms in total. The van der Waals surface area contributed by atoms with Crippen molar-refractivity contribution >= 4 is 21.3 Å². The van der Waals surface area contributed by atoms with Gasteiger partial charge < -0.3 is 4.55 Å². The average Bonchev–Trinajstić information content (AvgIpc) is 2.64. The molecule has 1 aliphatic carbocycles. The molecule has 0 bridgehead atoms. The molecule has 0 radical (unpaired) electrons. The molecule has 0 saturated heterocycles. The number of rotatable bonds is 2. The van der Waals surface area contributed by atoms with E-state index < -0.39 is 10.5 Å². The molecule has 1 atom stereocenters. The number of benzene rings is 3. The van der Waals surface area contributed by atoms with Crippen LogP contribution in [0.2, 0.25) is 0 Å². The summed E-state index contributed by atoms with van der Waals surface area (Å²) in [6, 6.07) is 22.4. The zero-order valence-corrected chi connectivity index (χ0v) is 16.1. The summed E-state index contributed by atoms with van der Waals surface area (Å²) in [5.74, 6) is 2.01. The van der Waals surface area contributed by atoms with Crippen molar-refractivity contribution < 1.29 is 16.9 Å². The lowest BCUT2D eigenvalue weighted by molar-refractivity contribution is 0.417. The Labute approximate surface area is 159 Å². The summed E-state index contributed by atoms with van der Waals surface area (Å²) in [5.41, 5.74) is 5.97. The summed E-state index contributed by atoms with van der Waals surface area (Å²) in [5, 5.41) is 2.78. The number of hydrogen-bond acceptors (Lipinski definition) is 3. The van der Waals surface area contributed by atoms with Crippen LogP contribution in [0.1, 0.15) is 54.9 Å². The van der Waals surface area contributed by atoms with E-state index in [0.717, 1.165) is 12.8 Å². The van der Waals surface area contributed by atoms with Gasteiger partial charge in [0.05, 0.1) is 17.0 Å². The molecule has 0 N–H and O–H groups in total. The molecule has 1 unspecified atom stereocenters. The smallest absolute Gasteiger partial charge is 0.255 e. The highest BCUT2D eigenvalue weighted by Crippen LogP contribution is 2.47. The van der Waals surface area contributed by atoms with Gasteiger partial charge >= 0.3 is 0 Å². The third kappa shape index (κ3) is 3.99. The Hall–Kier alpha value is -2.37. The molecule has 0 saturated carbocycles. The molecule has 3 aromatic carbocycles. The van der Waals surface area contributed by atoms with Gasteiger partial charge in [0.25, 0.3) is 10.5 Å². The SMILES string of the molecule is CC[C+]1c2ccccc2C(CC)c2c1ccc1ccccc21.O=S(=O)([O-])F. The minimum atomic E-state index is -5.42. The summed E-state index contributed by atoms with van der Waals surface area (Å²) in [6.45, 7) is 4.58. The van der Waals surface area contributed by atoms with Gasteiger partial charge in [-0.3, -0.25) is 0 Å². The molecule has 4 rings (SSSR count). The van der Waals surface area contributed by atoms with Crippen molar-refractivity contribution in [2.45, 2.75) is 32.6 Å². The van der Waals surface area contributed by atoms with Gasteiger partial charge in [0.1, 0.15) is 0 Å². The first-order valence-corrected chi connectivity index (χ1v) is 10.3. The van der Waals surface area contributed by atoms with E-state index in [4.69, 9.17) is 13.0 Å². The highest BCUT2D eigenvalue weighted by atomic mass is 32.3. The summed E-state index contributed by atoms with van der Waals surface area (Å²) in [4.78, 5) is 0. The lowest BCUT2D eigenvalue weighted by Gasteiger charge is -2.28. The van der Waals surface area contributed by atoms with Crippen LogP contribution >= 0.6 is 0 Å². The predicted molar refractivity (Wildman–Crippen MR) is 105 cm³/mol. The predicted octanol–water partition coefficient (Wildman–Crippen LogP) is 5.49. The van der Waals surface area contributed by atoms with E-state index in [1.54, 1.807) is 0 Å². The summed E-state index contributed by atoms with van der Waals surface area (Å²) < 4.78 is 35.3. The summed E-state index contributed by atoms with van der Waals surface area (Å²) in [6.07, 6.45) is 2.23. The van der Waals surface area contributed by atoms with Gasteiger partial charge in [-0.2, -0.15) is 0 Å². The Morgan fingerprint density at radius 2 is 1.59 bits per heavy atom. The van der Waals surface area contributed by atoms with Crippen LogP contribution in [0.25, 0.3) is 10.8 Å². The van der Waals surface area contributed by atoms with Crippen LogP contribution in [-0.4, -0.2) is 13.0 Å². The second kappa shape index (κ2) is 7.71. The maximum absolute atomic E-state index is 10.1. The van der Waals surface area contributed by atoms with Crippen LogP contribution < -0.4 is 0 Å². The standard InChI is InChI=1S/C22H21.FHO3S/c1-3-16-19-11-7-8-12-20(19)17(4-2)22-18-10-6-5-9-15(18)13-14-21(16)22;1-5(2,3)4/h5-14,17H,3-4H2,1-2H3;(H,2,3,4)/q+1;/p-1. The van der Waals surface area contributed by atoms with Crippen molar-refractivity contribution in [3.8, 4) is 0 Å². The monoisotopic (exact) mass is 384 g/mol. The maximum atomic E-state index is 10.1. The number of hydrogen-bond donors (Lipinski definition) is 0. The van der Waals surface area contributed by atoms with E-state index in [1.807, 2.05) is 0 Å². The molecule has 5 heteroatoms. The Morgan fingerprint density at radius 1 is 0.963 bits per heavy atom. The second-order valence-electron chi connectivity index (χ2n) is 6.52. The third-order valence-corrected chi connectivity index (χ3v) is 5.07. The Kier molecular flexibility index (Phi) is 5.53. The van der Waals surface area contributed by atoms with Crippen molar-refractivity contribution in [3.05, 3.63) is 88.8 Å². The van der Waals surface area contributed by atoms with Crippen molar-refractivity contribution in [2.75, 3.05) is 0 Å². The van der Waals surface area contributed by atoms with Gasteiger partial charge in [0, 0.05) is 34.6 Å². The fourth-order valence-corrected chi connectivity index (χ4v) is 4.12. The highest BCUT2D eigenvalue weighted by molar-refractivity contribution is 7.80. The normalized spacial score (nSPS) is 15.6. The Morgan fingerprint density at radius 3 is 2.26 bits per heavy atom. The van der Waals surface area contributed by atoms with Crippen molar-refractivity contribution in [1.82, 2.24) is 0 Å². The number of fused-ring (bicyclic) bond motifs is 4. The molecule has 0 heterocycles. The van der Waals surface area contributed by atoms with E-state index >= 15 is 0 Å². The summed E-state index contributed by atoms with van der Waals surface area (Å²) in [7, 11) is -5.42. The van der Waals surface area contributed by atoms with Gasteiger partial charge in [0.15, 0.2) is 0 Å². The van der Waals surface area contributed by atoms with Crippen LogP contribution in [0, 0.1) is 5.92 Å². The minimum absolute atomic E-state index is 0.507. The molecule has 0 aromatic heterocycles. The van der Waals surface area contributed by atoms with Crippen LogP contribution in [0.4, 0.5) is 3.89 Å². The molecule has 0 amide bonds. The molecular weight excluding hydrogens is 363 g/mol. The lowest BCUT2D eigenvalue weighted by Crippen LogP contribution is -2.18. The second-order valence-corrected chi connectivity index (χ2v) is 7.31. The Balaban J connectivity index is 0.000000376. The van der Waals surface area contributed by atoms with Crippen molar-refractivity contribution in [3.63, 3.8) is 0 Å². The van der Waals surface area contributed by atoms with E-state index in [-0.39, 0.29) is 0 Å². The first-order chi connectivity index (χ1) is 12.8. The quantitative estimate of drug-likeness (QED) is 0.333. The number of halogens is 1. The topological polar surface area (TPSA) is 57.2 Å². The van der Waals surface area contributed by atoms with E-state index in [1.165, 1.54) is 38.9 Å². The minimum Gasteiger partial charge on any atom is -0.722 e. The van der Waals surface area contributed by atoms with E-state index in [0.29, 0.717) is 5.92 Å². The third-order valence-electron chi connectivity index (χ3n) is 5.07. The van der Waals surface area contributed by atoms with Crippen LogP contribution in [0.5, 0.6) is 0 Å². The molecular formula is C22H21FO3S. The first kappa shape index (κ1) is 19.4. The van der Waals surface area contributed by atoms with Crippen LogP contribution in [0.3, 0.4) is 0 Å². The van der Waals surface area contributed by atoms with Gasteiger partial charge in [-0.1, -0.05) is 32.0 Å². The first-order valence-electron chi connectivity index (χ1n) is 8.97. The molecule has 0 fully saturated rings. The average molecular weight is 384 g/mol. The molecule has 3 aromatic rings. The lowest BCUT2D eigenvalue weighted by atomic mass is 9.69. The van der Waals surface area contributed by atoms with Crippen molar-refractivity contribution in [1.29, 1.82) is 0 Å². The van der Waals surface area contributed by atoms with E-state index in [9.17, 15) is 3.89 Å². The molecule has 1 aliphatic rings. The largest absolute Gasteiger partial charge is 0.722 e. The highest BCUT2D eigenvalue weighted by Gasteiger charge is 2.37. The van der Waals surface area contributed by atoms with Crippen LogP contribution in [0.15, 0.2) is 60.7 Å². The molecule has 0 aliphatic heterocycles. The zero-order chi connectivity index (χ0) is 19.6. The maximum Gasteiger partial charge on any atom is 0.255 e. The van der Waals surface area contributed by atoms with Gasteiger partial charge in [0.2, 0.25) is 0 Å². The van der Waals surface area contributed by atoms with Crippen molar-refractivity contribution in [2.24, 2.45) is 0 Å². The van der Waals surface area contributed by atoms with Gasteiger partial charge in [-0.05, 0) is 48.6 Å². The fourth-order valence-electron chi connectivity index (χ4n) is 4.12. The molecule has 0 spiro atoms. The fraction of sp³-hybridized carbons (Fsp3) is 0.227. The Bertz CT molecular complexity index is 1050. The van der Waals surface area contributed by atoms with Crippen LogP contribution in [-0.2, 0) is 10.5 Å². The van der Waals surface area contributed by atoms with E-state index in [2.05, 4.69) is 74.5 Å². The van der Waals surface area contributed by atoms with Gasteiger partial charge in [-0.15, -0.1) is 3.89 Å². The zero-order valence-electron chi connectivity index (χ0n) is 15.3. The molecule has 27 heavy (non-hydrogen) atoms.